The third-order valence-electron chi connectivity index (χ3n) is 3.34. The van der Waals surface area contributed by atoms with Gasteiger partial charge in [0.1, 0.15) is 12.0 Å². The van der Waals surface area contributed by atoms with Gasteiger partial charge in [-0.15, -0.1) is 0 Å². The molecule has 1 aliphatic heterocycles. The fourth-order valence-corrected chi connectivity index (χ4v) is 2.12. The zero-order chi connectivity index (χ0) is 17.2. The highest BCUT2D eigenvalue weighted by atomic mass is 16.7. The van der Waals surface area contributed by atoms with E-state index in [0.717, 1.165) is 17.1 Å². The highest BCUT2D eigenvalue weighted by molar-refractivity contribution is 5.73. The second-order valence-electron chi connectivity index (χ2n) is 6.53. The Bertz CT molecular complexity index is 729. The van der Waals surface area contributed by atoms with Crippen LogP contribution in [-0.4, -0.2) is 22.3 Å². The molecule has 8 nitrogen and oxygen atoms in total. The lowest BCUT2D eigenvalue weighted by molar-refractivity contribution is 0.174. The van der Waals surface area contributed by atoms with Crippen LogP contribution in [0.1, 0.15) is 26.3 Å². The minimum absolute atomic E-state index is 0.114. The van der Waals surface area contributed by atoms with E-state index in [-0.39, 0.29) is 12.3 Å². The van der Waals surface area contributed by atoms with Crippen molar-refractivity contribution in [2.45, 2.75) is 32.9 Å². The van der Waals surface area contributed by atoms with Crippen LogP contribution in [0.5, 0.6) is 11.5 Å². The van der Waals surface area contributed by atoms with Crippen molar-refractivity contribution >= 4 is 17.3 Å². The Morgan fingerprint density at radius 1 is 1.12 bits per heavy atom. The lowest BCUT2D eigenvalue weighted by Gasteiger charge is -2.22. The topological polar surface area (TPSA) is 106 Å². The molecular weight excluding hydrogens is 308 g/mol. The van der Waals surface area contributed by atoms with E-state index in [4.69, 9.17) is 15.2 Å². The lowest BCUT2D eigenvalue weighted by atomic mass is 10.1. The van der Waals surface area contributed by atoms with Crippen LogP contribution in [0.3, 0.4) is 0 Å². The highest BCUT2D eigenvalue weighted by Gasteiger charge is 2.14. The minimum atomic E-state index is -0.114. The summed E-state index contributed by atoms with van der Waals surface area (Å²) in [5, 5.41) is 3.22. The molecule has 0 atom stereocenters. The smallest absolute Gasteiger partial charge is 0.231 e. The van der Waals surface area contributed by atoms with Crippen LogP contribution in [0.4, 0.5) is 17.3 Å². The molecule has 0 saturated carbocycles. The molecule has 0 fully saturated rings. The second-order valence-corrected chi connectivity index (χ2v) is 6.53. The van der Waals surface area contributed by atoms with Gasteiger partial charge in [-0.05, 0) is 38.5 Å². The first kappa shape index (κ1) is 16.1. The Kier molecular flexibility index (Phi) is 4.30. The van der Waals surface area contributed by atoms with E-state index in [1.54, 1.807) is 0 Å². The number of nitrogen functional groups attached to an aromatic ring is 1. The Morgan fingerprint density at radius 2 is 1.88 bits per heavy atom. The number of nitrogens with two attached hydrogens (primary N) is 1. The molecule has 1 aromatic carbocycles. The average molecular weight is 330 g/mol. The van der Waals surface area contributed by atoms with Gasteiger partial charge in [0.05, 0.1) is 0 Å². The molecule has 24 heavy (non-hydrogen) atoms. The summed E-state index contributed by atoms with van der Waals surface area (Å²) in [6.07, 6.45) is 1.46. The predicted molar refractivity (Wildman–Crippen MR) is 92.8 cm³/mol. The summed E-state index contributed by atoms with van der Waals surface area (Å²) >= 11 is 0. The van der Waals surface area contributed by atoms with Crippen LogP contribution < -0.4 is 31.4 Å². The summed E-state index contributed by atoms with van der Waals surface area (Å²) in [5.41, 5.74) is 13.7. The minimum Gasteiger partial charge on any atom is -0.454 e. The van der Waals surface area contributed by atoms with Crippen molar-refractivity contribution in [2.24, 2.45) is 0 Å². The summed E-state index contributed by atoms with van der Waals surface area (Å²) in [6, 6.07) is 5.80. The van der Waals surface area contributed by atoms with Crippen molar-refractivity contribution in [2.75, 3.05) is 23.3 Å². The Balaban J connectivity index is 1.67. The Labute approximate surface area is 140 Å². The molecule has 0 aliphatic carbocycles. The van der Waals surface area contributed by atoms with Crippen LogP contribution >= 0.6 is 0 Å². The van der Waals surface area contributed by atoms with Gasteiger partial charge in [-0.3, -0.25) is 0 Å². The summed E-state index contributed by atoms with van der Waals surface area (Å²) in [4.78, 5) is 8.36. The van der Waals surface area contributed by atoms with E-state index in [2.05, 4.69) is 26.1 Å². The summed E-state index contributed by atoms with van der Waals surface area (Å²) in [5.74, 6) is 2.62. The molecule has 0 saturated heterocycles. The number of hydrogen-bond donors (Lipinski definition) is 4. The van der Waals surface area contributed by atoms with E-state index in [1.807, 2.05) is 39.0 Å². The molecule has 8 heteroatoms. The Morgan fingerprint density at radius 3 is 2.67 bits per heavy atom. The first-order chi connectivity index (χ1) is 11.4. The number of aromatic nitrogens is 2. The maximum Gasteiger partial charge on any atom is 0.231 e. The zero-order valence-corrected chi connectivity index (χ0v) is 14.0. The van der Waals surface area contributed by atoms with E-state index in [9.17, 15) is 0 Å². The van der Waals surface area contributed by atoms with Gasteiger partial charge in [0.2, 0.25) is 6.79 Å². The SMILES string of the molecule is CC(C)(C)NNc1ncnc(NCc2ccc3c(c2)OCO3)c1N. The molecule has 0 unspecified atom stereocenters. The number of rotatable bonds is 5. The normalized spacial score (nSPS) is 13.0. The molecular formula is C16H22N6O2. The molecule has 2 heterocycles. The van der Waals surface area contributed by atoms with Crippen LogP contribution in [0, 0.1) is 0 Å². The second kappa shape index (κ2) is 6.40. The lowest BCUT2D eigenvalue weighted by Crippen LogP contribution is -2.40. The molecule has 5 N–H and O–H groups in total. The molecule has 0 spiro atoms. The molecule has 1 aromatic heterocycles. The predicted octanol–water partition coefficient (Wildman–Crippen LogP) is 2.11. The molecule has 0 radical (unpaired) electrons. The summed E-state index contributed by atoms with van der Waals surface area (Å²) in [7, 11) is 0. The van der Waals surface area contributed by atoms with Crippen LogP contribution in [0.25, 0.3) is 0 Å². The van der Waals surface area contributed by atoms with Crippen molar-refractivity contribution in [3.05, 3.63) is 30.1 Å². The van der Waals surface area contributed by atoms with Gasteiger partial charge in [0.25, 0.3) is 0 Å². The molecule has 128 valence electrons. The third-order valence-corrected chi connectivity index (χ3v) is 3.34. The molecule has 1 aliphatic rings. The van der Waals surface area contributed by atoms with Crippen molar-refractivity contribution in [3.8, 4) is 11.5 Å². The number of hydrogen-bond acceptors (Lipinski definition) is 8. The van der Waals surface area contributed by atoms with Gasteiger partial charge in [0.15, 0.2) is 23.1 Å². The number of fused-ring (bicyclic) bond motifs is 1. The maximum atomic E-state index is 6.13. The van der Waals surface area contributed by atoms with E-state index < -0.39 is 0 Å². The number of hydrazine groups is 1. The van der Waals surface area contributed by atoms with Gasteiger partial charge < -0.3 is 25.9 Å². The first-order valence-electron chi connectivity index (χ1n) is 7.68. The number of nitrogens with one attached hydrogen (secondary N) is 3. The first-order valence-corrected chi connectivity index (χ1v) is 7.68. The van der Waals surface area contributed by atoms with E-state index >= 15 is 0 Å². The largest absolute Gasteiger partial charge is 0.454 e. The molecule has 0 bridgehead atoms. The number of anilines is 3. The van der Waals surface area contributed by atoms with Gasteiger partial charge in [-0.25, -0.2) is 15.4 Å². The van der Waals surface area contributed by atoms with Crippen molar-refractivity contribution < 1.29 is 9.47 Å². The standard InChI is InChI=1S/C16H22N6O2/c1-16(2,3)22-21-15-13(17)14(19-8-20-15)18-7-10-4-5-11-12(6-10)24-9-23-11/h4-6,8,22H,7,9,17H2,1-3H3,(H2,18,19,20,21). The van der Waals surface area contributed by atoms with Gasteiger partial charge in [0, 0.05) is 12.1 Å². The highest BCUT2D eigenvalue weighted by Crippen LogP contribution is 2.32. The zero-order valence-electron chi connectivity index (χ0n) is 14.0. The van der Waals surface area contributed by atoms with Crippen LogP contribution in [0.2, 0.25) is 0 Å². The maximum absolute atomic E-state index is 6.13. The quantitative estimate of drug-likeness (QED) is 0.618. The monoisotopic (exact) mass is 330 g/mol. The van der Waals surface area contributed by atoms with Crippen LogP contribution in [0.15, 0.2) is 24.5 Å². The summed E-state index contributed by atoms with van der Waals surface area (Å²) in [6.45, 7) is 6.94. The van der Waals surface area contributed by atoms with E-state index in [1.165, 1.54) is 6.33 Å². The van der Waals surface area contributed by atoms with Gasteiger partial charge >= 0.3 is 0 Å². The van der Waals surface area contributed by atoms with Gasteiger partial charge in [-0.2, -0.15) is 0 Å². The third kappa shape index (κ3) is 3.77. The van der Waals surface area contributed by atoms with Crippen LogP contribution in [-0.2, 0) is 6.54 Å². The van der Waals surface area contributed by atoms with Crippen molar-refractivity contribution in [1.82, 2.24) is 15.4 Å². The van der Waals surface area contributed by atoms with E-state index in [0.29, 0.717) is 23.9 Å². The molecule has 0 amide bonds. The van der Waals surface area contributed by atoms with Gasteiger partial charge in [-0.1, -0.05) is 6.07 Å². The number of nitrogens with zero attached hydrogens (tertiary/aromatic N) is 2. The fraction of sp³-hybridized carbons (Fsp3) is 0.375. The molecule has 2 aromatic rings. The summed E-state index contributed by atoms with van der Waals surface area (Å²) < 4.78 is 10.7. The average Bonchev–Trinajstić information content (AvgIpc) is 2.99. The van der Waals surface area contributed by atoms with Crippen molar-refractivity contribution in [1.29, 1.82) is 0 Å². The number of benzene rings is 1. The Hall–Kier alpha value is -2.74. The number of ether oxygens (including phenoxy) is 2. The fourth-order valence-electron chi connectivity index (χ4n) is 2.12. The molecule has 3 rings (SSSR count). The van der Waals surface area contributed by atoms with Crippen molar-refractivity contribution in [3.63, 3.8) is 0 Å².